The Hall–Kier alpha value is -0.780. The molecule has 2 nitrogen and oxygen atoms in total. The Morgan fingerprint density at radius 1 is 1.18 bits per heavy atom. The Bertz CT molecular complexity index is 526. The van der Waals surface area contributed by atoms with Gasteiger partial charge in [0.1, 0.15) is 5.82 Å². The number of hydrogen-bond donors (Lipinski definition) is 1. The van der Waals surface area contributed by atoms with Crippen LogP contribution in [0.5, 0.6) is 0 Å². The summed E-state index contributed by atoms with van der Waals surface area (Å²) in [7, 11) is 0. The first-order valence-electron chi connectivity index (χ1n) is 4.89. The molecule has 0 bridgehead atoms. The Balaban J connectivity index is 2.43. The fraction of sp³-hybridized carbons (Fsp3) is 0.0833. The van der Waals surface area contributed by atoms with Gasteiger partial charge in [-0.05, 0) is 29.8 Å². The van der Waals surface area contributed by atoms with Crippen LogP contribution in [0.2, 0.25) is 0 Å². The third kappa shape index (κ3) is 2.91. The van der Waals surface area contributed by atoms with Crippen LogP contribution in [-0.2, 0) is 0 Å². The van der Waals surface area contributed by atoms with Crippen LogP contribution in [0.1, 0.15) is 17.2 Å². The molecule has 5 heteroatoms. The fourth-order valence-electron chi connectivity index (χ4n) is 1.57. The van der Waals surface area contributed by atoms with Crippen molar-refractivity contribution in [3.8, 4) is 0 Å². The number of rotatable bonds is 2. The largest absolute Gasteiger partial charge is 0.320 e. The zero-order valence-corrected chi connectivity index (χ0v) is 11.9. The van der Waals surface area contributed by atoms with E-state index in [1.807, 2.05) is 18.2 Å². The number of halogens is 3. The van der Waals surface area contributed by atoms with Gasteiger partial charge in [-0.2, -0.15) is 0 Å². The van der Waals surface area contributed by atoms with Gasteiger partial charge in [0.05, 0.1) is 12.2 Å². The number of hydrogen-bond acceptors (Lipinski definition) is 2. The van der Waals surface area contributed by atoms with Gasteiger partial charge < -0.3 is 5.73 Å². The van der Waals surface area contributed by atoms with Gasteiger partial charge in [-0.25, -0.2) is 4.39 Å². The fourth-order valence-corrected chi connectivity index (χ4v) is 2.90. The van der Waals surface area contributed by atoms with Crippen molar-refractivity contribution in [2.24, 2.45) is 5.73 Å². The first kappa shape index (κ1) is 12.7. The van der Waals surface area contributed by atoms with Crippen LogP contribution < -0.4 is 5.73 Å². The second-order valence-electron chi connectivity index (χ2n) is 3.58. The van der Waals surface area contributed by atoms with Crippen LogP contribution >= 0.6 is 31.9 Å². The van der Waals surface area contributed by atoms with Crippen LogP contribution in [0.25, 0.3) is 0 Å². The second kappa shape index (κ2) is 5.25. The Kier molecular flexibility index (Phi) is 3.91. The van der Waals surface area contributed by atoms with Crippen LogP contribution in [0.15, 0.2) is 45.6 Å². The third-order valence-corrected chi connectivity index (χ3v) is 3.30. The smallest absolute Gasteiger partial charge is 0.146 e. The first-order valence-corrected chi connectivity index (χ1v) is 6.47. The molecule has 17 heavy (non-hydrogen) atoms. The van der Waals surface area contributed by atoms with Crippen LogP contribution in [-0.4, -0.2) is 4.98 Å². The topological polar surface area (TPSA) is 38.9 Å². The van der Waals surface area contributed by atoms with E-state index in [0.717, 1.165) is 14.5 Å². The zero-order valence-electron chi connectivity index (χ0n) is 8.70. The summed E-state index contributed by atoms with van der Waals surface area (Å²) in [6.07, 6.45) is 2.70. The summed E-state index contributed by atoms with van der Waals surface area (Å²) in [6.45, 7) is 0. The zero-order chi connectivity index (χ0) is 12.4. The van der Waals surface area contributed by atoms with Crippen molar-refractivity contribution >= 4 is 31.9 Å². The molecule has 0 fully saturated rings. The lowest BCUT2D eigenvalue weighted by Crippen LogP contribution is -2.13. The molecule has 1 atom stereocenters. The molecule has 1 unspecified atom stereocenters. The van der Waals surface area contributed by atoms with Gasteiger partial charge >= 0.3 is 0 Å². The van der Waals surface area contributed by atoms with Gasteiger partial charge in [0, 0.05) is 20.7 Å². The molecule has 2 N–H and O–H groups in total. The molecule has 0 saturated heterocycles. The van der Waals surface area contributed by atoms with E-state index < -0.39 is 11.9 Å². The van der Waals surface area contributed by atoms with E-state index >= 15 is 0 Å². The van der Waals surface area contributed by atoms with Gasteiger partial charge in [-0.1, -0.05) is 31.9 Å². The minimum atomic E-state index is -0.508. The minimum Gasteiger partial charge on any atom is -0.320 e. The molecular weight excluding hydrogens is 351 g/mol. The highest BCUT2D eigenvalue weighted by atomic mass is 79.9. The number of nitrogens with zero attached hydrogens (tertiary/aromatic N) is 1. The van der Waals surface area contributed by atoms with E-state index in [1.165, 1.54) is 12.4 Å². The van der Waals surface area contributed by atoms with Gasteiger partial charge in [0.15, 0.2) is 0 Å². The molecule has 0 spiro atoms. The molecule has 2 rings (SSSR count). The average Bonchev–Trinajstić information content (AvgIpc) is 2.27. The number of nitrogens with two attached hydrogens (primary N) is 1. The molecule has 1 aromatic carbocycles. The van der Waals surface area contributed by atoms with Crippen LogP contribution in [0.3, 0.4) is 0 Å². The standard InChI is InChI=1S/C12H9Br2FN2/c13-8-3-7(4-9(14)5-8)12(16)10-1-2-17-6-11(10)15/h1-6,12H,16H2. The van der Waals surface area contributed by atoms with Gasteiger partial charge in [0.2, 0.25) is 0 Å². The van der Waals surface area contributed by atoms with E-state index in [9.17, 15) is 4.39 Å². The van der Waals surface area contributed by atoms with E-state index in [1.54, 1.807) is 6.07 Å². The molecule has 0 aliphatic carbocycles. The first-order chi connectivity index (χ1) is 8.08. The maximum absolute atomic E-state index is 13.6. The third-order valence-electron chi connectivity index (χ3n) is 2.38. The Morgan fingerprint density at radius 3 is 2.41 bits per heavy atom. The van der Waals surface area contributed by atoms with Gasteiger partial charge in [0.25, 0.3) is 0 Å². The summed E-state index contributed by atoms with van der Waals surface area (Å²) in [4.78, 5) is 3.71. The quantitative estimate of drug-likeness (QED) is 0.885. The lowest BCUT2D eigenvalue weighted by atomic mass is 10.0. The van der Waals surface area contributed by atoms with Crippen LogP contribution in [0, 0.1) is 5.82 Å². The SMILES string of the molecule is NC(c1cc(Br)cc(Br)c1)c1ccncc1F. The van der Waals surface area contributed by atoms with Gasteiger partial charge in [-0.15, -0.1) is 0 Å². The normalized spacial score (nSPS) is 12.5. The summed E-state index contributed by atoms with van der Waals surface area (Å²) < 4.78 is 15.4. The number of aromatic nitrogens is 1. The average molecular weight is 360 g/mol. The number of benzene rings is 1. The summed E-state index contributed by atoms with van der Waals surface area (Å²) in [5, 5.41) is 0. The minimum absolute atomic E-state index is 0.393. The maximum Gasteiger partial charge on any atom is 0.146 e. The van der Waals surface area contributed by atoms with Crippen LogP contribution in [0.4, 0.5) is 4.39 Å². The second-order valence-corrected chi connectivity index (χ2v) is 5.41. The summed E-state index contributed by atoms with van der Waals surface area (Å²) in [6, 6.07) is 6.73. The van der Waals surface area contributed by atoms with Crippen molar-refractivity contribution in [1.29, 1.82) is 0 Å². The van der Waals surface area contributed by atoms with Crippen molar-refractivity contribution in [3.05, 3.63) is 62.5 Å². The van der Waals surface area contributed by atoms with Crippen molar-refractivity contribution in [1.82, 2.24) is 4.98 Å². The molecule has 0 saturated carbocycles. The monoisotopic (exact) mass is 358 g/mol. The van der Waals surface area contributed by atoms with E-state index in [4.69, 9.17) is 5.73 Å². The lowest BCUT2D eigenvalue weighted by Gasteiger charge is -2.14. The predicted molar refractivity (Wildman–Crippen MR) is 72.1 cm³/mol. The highest BCUT2D eigenvalue weighted by Crippen LogP contribution is 2.27. The van der Waals surface area contributed by atoms with Crippen molar-refractivity contribution in [2.45, 2.75) is 6.04 Å². The summed E-state index contributed by atoms with van der Waals surface area (Å²) >= 11 is 6.76. The van der Waals surface area contributed by atoms with Crippen molar-refractivity contribution in [2.75, 3.05) is 0 Å². The van der Waals surface area contributed by atoms with E-state index in [2.05, 4.69) is 36.8 Å². The molecule has 2 aromatic rings. The molecule has 0 amide bonds. The predicted octanol–water partition coefficient (Wildman–Crippen LogP) is 3.79. The van der Waals surface area contributed by atoms with E-state index in [-0.39, 0.29) is 0 Å². The molecule has 0 aliphatic heterocycles. The maximum atomic E-state index is 13.6. The highest BCUT2D eigenvalue weighted by Gasteiger charge is 2.14. The summed E-state index contributed by atoms with van der Waals surface area (Å²) in [5.74, 6) is -0.393. The number of pyridine rings is 1. The molecule has 88 valence electrons. The molecular formula is C12H9Br2FN2. The molecule has 0 radical (unpaired) electrons. The molecule has 1 heterocycles. The summed E-state index contributed by atoms with van der Waals surface area (Å²) in [5.41, 5.74) is 7.31. The molecule has 1 aromatic heterocycles. The Morgan fingerprint density at radius 2 is 1.82 bits per heavy atom. The van der Waals surface area contributed by atoms with Crippen molar-refractivity contribution < 1.29 is 4.39 Å². The van der Waals surface area contributed by atoms with Crippen molar-refractivity contribution in [3.63, 3.8) is 0 Å². The Labute approximate surface area is 115 Å². The lowest BCUT2D eigenvalue weighted by molar-refractivity contribution is 0.593. The van der Waals surface area contributed by atoms with E-state index in [0.29, 0.717) is 5.56 Å². The van der Waals surface area contributed by atoms with Gasteiger partial charge in [-0.3, -0.25) is 4.98 Å². The highest BCUT2D eigenvalue weighted by molar-refractivity contribution is 9.11. The molecule has 0 aliphatic rings.